The van der Waals surface area contributed by atoms with E-state index in [9.17, 15) is 15.8 Å². The SMILES string of the molecule is CCC1C2(C)OCC(C#N)(C#N)C1(C#N)C(=N)O2. The number of hydrogen-bond acceptors (Lipinski definition) is 6. The topological polar surface area (TPSA) is 114 Å². The van der Waals surface area contributed by atoms with Gasteiger partial charge in [0.1, 0.15) is 0 Å². The van der Waals surface area contributed by atoms with Gasteiger partial charge < -0.3 is 9.47 Å². The van der Waals surface area contributed by atoms with E-state index in [1.165, 1.54) is 0 Å². The van der Waals surface area contributed by atoms with Crippen molar-refractivity contribution in [2.24, 2.45) is 16.7 Å². The van der Waals surface area contributed by atoms with Crippen LogP contribution in [-0.4, -0.2) is 18.3 Å². The second-order valence-electron chi connectivity index (χ2n) is 4.75. The van der Waals surface area contributed by atoms with Crippen molar-refractivity contribution in [3.8, 4) is 18.2 Å². The minimum absolute atomic E-state index is 0.219. The zero-order valence-electron chi connectivity index (χ0n) is 10.1. The highest BCUT2D eigenvalue weighted by atomic mass is 16.7. The Balaban J connectivity index is 2.75. The van der Waals surface area contributed by atoms with Crippen molar-refractivity contribution in [3.63, 3.8) is 0 Å². The Morgan fingerprint density at radius 3 is 2.39 bits per heavy atom. The third-order valence-corrected chi connectivity index (χ3v) is 4.03. The first-order chi connectivity index (χ1) is 8.46. The summed E-state index contributed by atoms with van der Waals surface area (Å²) < 4.78 is 10.9. The van der Waals surface area contributed by atoms with Crippen LogP contribution in [0.2, 0.25) is 0 Å². The molecule has 6 heteroatoms. The minimum Gasteiger partial charge on any atom is -0.448 e. The van der Waals surface area contributed by atoms with Crippen LogP contribution in [0.5, 0.6) is 0 Å². The Kier molecular flexibility index (Phi) is 2.37. The van der Waals surface area contributed by atoms with Crippen LogP contribution in [0.4, 0.5) is 0 Å². The van der Waals surface area contributed by atoms with Gasteiger partial charge in [0.25, 0.3) is 0 Å². The summed E-state index contributed by atoms with van der Waals surface area (Å²) >= 11 is 0. The molecule has 0 amide bonds. The molecule has 6 nitrogen and oxygen atoms in total. The molecule has 2 rings (SSSR count). The average Bonchev–Trinajstić information content (AvgIpc) is 2.54. The molecule has 0 saturated carbocycles. The molecule has 0 aromatic heterocycles. The fourth-order valence-corrected chi connectivity index (χ4v) is 3.06. The number of hydrogen-bond donors (Lipinski definition) is 1. The van der Waals surface area contributed by atoms with Gasteiger partial charge in [-0.15, -0.1) is 0 Å². The van der Waals surface area contributed by atoms with Crippen LogP contribution in [0.25, 0.3) is 0 Å². The lowest BCUT2D eigenvalue weighted by atomic mass is 9.56. The van der Waals surface area contributed by atoms with Gasteiger partial charge in [0.2, 0.25) is 11.7 Å². The molecule has 92 valence electrons. The number of nitrogens with zero attached hydrogens (tertiary/aromatic N) is 3. The lowest BCUT2D eigenvalue weighted by molar-refractivity contribution is -0.235. The van der Waals surface area contributed by atoms with E-state index in [2.05, 4.69) is 0 Å². The van der Waals surface area contributed by atoms with Gasteiger partial charge in [0.05, 0.1) is 30.7 Å². The first-order valence-electron chi connectivity index (χ1n) is 5.62. The van der Waals surface area contributed by atoms with E-state index in [4.69, 9.17) is 14.9 Å². The van der Waals surface area contributed by atoms with Gasteiger partial charge in [0, 0.05) is 6.92 Å². The molecule has 18 heavy (non-hydrogen) atoms. The molecule has 0 aliphatic carbocycles. The third kappa shape index (κ3) is 1.01. The number of rotatable bonds is 1. The van der Waals surface area contributed by atoms with Crippen LogP contribution >= 0.6 is 0 Å². The number of ether oxygens (including phenoxy) is 2. The Morgan fingerprint density at radius 2 is 1.94 bits per heavy atom. The van der Waals surface area contributed by atoms with E-state index in [1.54, 1.807) is 6.92 Å². The first-order valence-corrected chi connectivity index (χ1v) is 5.62. The molecule has 2 heterocycles. The van der Waals surface area contributed by atoms with Crippen molar-refractivity contribution in [2.45, 2.75) is 26.1 Å². The molecule has 2 aliphatic heterocycles. The van der Waals surface area contributed by atoms with Crippen molar-refractivity contribution in [1.29, 1.82) is 21.2 Å². The monoisotopic (exact) mass is 244 g/mol. The summed E-state index contributed by atoms with van der Waals surface area (Å²) in [6.07, 6.45) is 0.484. The molecule has 2 saturated heterocycles. The Morgan fingerprint density at radius 1 is 1.33 bits per heavy atom. The van der Waals surface area contributed by atoms with Gasteiger partial charge in [-0.2, -0.15) is 15.8 Å². The van der Waals surface area contributed by atoms with Crippen LogP contribution in [-0.2, 0) is 9.47 Å². The quantitative estimate of drug-likeness (QED) is 0.746. The number of nitriles is 3. The summed E-state index contributed by atoms with van der Waals surface area (Å²) in [7, 11) is 0. The second kappa shape index (κ2) is 3.45. The molecule has 0 aromatic carbocycles. The van der Waals surface area contributed by atoms with Crippen molar-refractivity contribution in [1.82, 2.24) is 0 Å². The molecular formula is C12H12N4O2. The predicted molar refractivity (Wildman–Crippen MR) is 58.7 cm³/mol. The van der Waals surface area contributed by atoms with Crippen molar-refractivity contribution >= 4 is 5.90 Å². The maximum atomic E-state index is 9.52. The van der Waals surface area contributed by atoms with Gasteiger partial charge >= 0.3 is 0 Å². The van der Waals surface area contributed by atoms with E-state index < -0.39 is 22.5 Å². The molecule has 2 fully saturated rings. The van der Waals surface area contributed by atoms with Gasteiger partial charge in [-0.25, -0.2) is 0 Å². The molecule has 0 spiro atoms. The maximum absolute atomic E-state index is 9.52. The van der Waals surface area contributed by atoms with E-state index in [0.717, 1.165) is 0 Å². The van der Waals surface area contributed by atoms with Crippen LogP contribution < -0.4 is 0 Å². The smallest absolute Gasteiger partial charge is 0.214 e. The van der Waals surface area contributed by atoms with Crippen LogP contribution in [0.1, 0.15) is 20.3 Å². The summed E-state index contributed by atoms with van der Waals surface area (Å²) in [6.45, 7) is 3.25. The highest BCUT2D eigenvalue weighted by Gasteiger charge is 2.75. The van der Waals surface area contributed by atoms with Crippen molar-refractivity contribution < 1.29 is 9.47 Å². The normalized spacial score (nSPS) is 40.2. The molecule has 0 radical (unpaired) electrons. The van der Waals surface area contributed by atoms with E-state index >= 15 is 0 Å². The molecule has 1 N–H and O–H groups in total. The Hall–Kier alpha value is -2.10. The minimum atomic E-state index is -1.68. The Bertz CT molecular complexity index is 524. The Labute approximate surface area is 105 Å². The van der Waals surface area contributed by atoms with Crippen molar-refractivity contribution in [3.05, 3.63) is 0 Å². The molecule has 3 unspecified atom stereocenters. The first kappa shape index (κ1) is 12.4. The average molecular weight is 244 g/mol. The zero-order chi connectivity index (χ0) is 13.6. The van der Waals surface area contributed by atoms with Crippen LogP contribution in [0, 0.1) is 56.2 Å². The molecule has 2 bridgehead atoms. The summed E-state index contributed by atoms with van der Waals surface area (Å²) in [5.41, 5.74) is -3.23. The summed E-state index contributed by atoms with van der Waals surface area (Å²) in [6, 6.07) is 5.74. The van der Waals surface area contributed by atoms with Gasteiger partial charge in [-0.3, -0.25) is 5.41 Å². The fraction of sp³-hybridized carbons (Fsp3) is 0.667. The lowest BCUT2D eigenvalue weighted by Gasteiger charge is -2.43. The summed E-state index contributed by atoms with van der Waals surface area (Å²) in [5, 5.41) is 36.1. The standard InChI is InChI=1S/C12H12N4O2/c1-3-8-10(2)17-7-11(4-13,5-14)12(8,6-15)9(16)18-10/h8,16H,3,7H2,1-2H3. The molecule has 3 atom stereocenters. The number of nitrogens with one attached hydrogen (secondary N) is 1. The fourth-order valence-electron chi connectivity index (χ4n) is 3.06. The van der Waals surface area contributed by atoms with Crippen molar-refractivity contribution in [2.75, 3.05) is 6.61 Å². The molecular weight excluding hydrogens is 232 g/mol. The maximum Gasteiger partial charge on any atom is 0.214 e. The van der Waals surface area contributed by atoms with E-state index in [-0.39, 0.29) is 12.5 Å². The van der Waals surface area contributed by atoms with Gasteiger partial charge in [-0.05, 0) is 6.42 Å². The summed E-state index contributed by atoms with van der Waals surface area (Å²) in [5.74, 6) is -1.94. The predicted octanol–water partition coefficient (Wildman–Crippen LogP) is 1.31. The van der Waals surface area contributed by atoms with E-state index in [0.29, 0.717) is 6.42 Å². The highest BCUT2D eigenvalue weighted by Crippen LogP contribution is 2.60. The number of fused-ring (bicyclic) bond motifs is 2. The highest BCUT2D eigenvalue weighted by molar-refractivity contribution is 5.88. The summed E-state index contributed by atoms with van der Waals surface area (Å²) in [4.78, 5) is 0. The van der Waals surface area contributed by atoms with Crippen LogP contribution in [0.15, 0.2) is 0 Å². The third-order valence-electron chi connectivity index (χ3n) is 4.03. The second-order valence-corrected chi connectivity index (χ2v) is 4.75. The van der Waals surface area contributed by atoms with Gasteiger partial charge in [-0.1, -0.05) is 6.92 Å². The molecule has 0 aromatic rings. The van der Waals surface area contributed by atoms with Crippen LogP contribution in [0.3, 0.4) is 0 Å². The van der Waals surface area contributed by atoms with Gasteiger partial charge in [0.15, 0.2) is 10.8 Å². The largest absolute Gasteiger partial charge is 0.448 e. The lowest BCUT2D eigenvalue weighted by Crippen LogP contribution is -2.57. The van der Waals surface area contributed by atoms with E-state index in [1.807, 2.05) is 25.1 Å². The zero-order valence-corrected chi connectivity index (χ0v) is 10.1. The molecule has 2 aliphatic rings.